The van der Waals surface area contributed by atoms with Crippen molar-refractivity contribution >= 4 is 0 Å². The van der Waals surface area contributed by atoms with Crippen molar-refractivity contribution in [2.75, 3.05) is 26.2 Å². The smallest absolute Gasteiger partial charge is 0.0110 e. The van der Waals surface area contributed by atoms with Crippen LogP contribution in [0.25, 0.3) is 0 Å². The second kappa shape index (κ2) is 7.56. The first-order chi connectivity index (χ1) is 5.84. The van der Waals surface area contributed by atoms with E-state index < -0.39 is 0 Å². The summed E-state index contributed by atoms with van der Waals surface area (Å²) in [5.41, 5.74) is 0. The van der Waals surface area contributed by atoms with E-state index in [1.807, 2.05) is 13.8 Å². The molecular formula is C10H24N2. The number of nitrogens with one attached hydrogen (secondary N) is 1. The van der Waals surface area contributed by atoms with E-state index in [4.69, 9.17) is 0 Å². The van der Waals surface area contributed by atoms with Gasteiger partial charge in [0.25, 0.3) is 0 Å². The molecule has 0 spiro atoms. The van der Waals surface area contributed by atoms with Gasteiger partial charge in [-0.25, -0.2) is 0 Å². The molecule has 74 valence electrons. The first-order valence-corrected chi connectivity index (χ1v) is 5.29. The van der Waals surface area contributed by atoms with Crippen LogP contribution in [0.1, 0.15) is 34.1 Å². The molecule has 0 aliphatic carbocycles. The van der Waals surface area contributed by atoms with Crippen LogP contribution in [-0.2, 0) is 0 Å². The molecule has 1 aliphatic rings. The fourth-order valence-corrected chi connectivity index (χ4v) is 1.38. The summed E-state index contributed by atoms with van der Waals surface area (Å²) in [6, 6.07) is 0.780. The highest BCUT2D eigenvalue weighted by Gasteiger charge is 2.13. The van der Waals surface area contributed by atoms with Crippen LogP contribution in [0.5, 0.6) is 0 Å². The highest BCUT2D eigenvalue weighted by atomic mass is 15.2. The van der Waals surface area contributed by atoms with Crippen LogP contribution < -0.4 is 5.32 Å². The molecule has 0 amide bonds. The van der Waals surface area contributed by atoms with Gasteiger partial charge in [-0.05, 0) is 13.3 Å². The van der Waals surface area contributed by atoms with Crippen molar-refractivity contribution in [3.63, 3.8) is 0 Å². The van der Waals surface area contributed by atoms with Crippen LogP contribution >= 0.6 is 0 Å². The summed E-state index contributed by atoms with van der Waals surface area (Å²) in [5, 5.41) is 3.35. The Hall–Kier alpha value is -0.0800. The van der Waals surface area contributed by atoms with E-state index in [9.17, 15) is 0 Å². The predicted octanol–water partition coefficient (Wildman–Crippen LogP) is 1.72. The molecule has 1 heterocycles. The quantitative estimate of drug-likeness (QED) is 0.682. The third-order valence-corrected chi connectivity index (χ3v) is 2.37. The van der Waals surface area contributed by atoms with Crippen molar-refractivity contribution in [1.82, 2.24) is 10.2 Å². The molecule has 0 aromatic carbocycles. The highest BCUT2D eigenvalue weighted by Crippen LogP contribution is 2.03. The molecule has 0 aromatic rings. The first-order valence-electron chi connectivity index (χ1n) is 5.29. The summed E-state index contributed by atoms with van der Waals surface area (Å²) in [6.07, 6.45) is 1.28. The van der Waals surface area contributed by atoms with Gasteiger partial charge in [0, 0.05) is 32.2 Å². The summed E-state index contributed by atoms with van der Waals surface area (Å²) < 4.78 is 0. The van der Waals surface area contributed by atoms with Crippen molar-refractivity contribution in [2.45, 2.75) is 40.2 Å². The molecule has 12 heavy (non-hydrogen) atoms. The van der Waals surface area contributed by atoms with Gasteiger partial charge in [-0.15, -0.1) is 0 Å². The van der Waals surface area contributed by atoms with Crippen molar-refractivity contribution in [3.05, 3.63) is 0 Å². The molecule has 1 N–H and O–H groups in total. The molecule has 1 fully saturated rings. The van der Waals surface area contributed by atoms with Crippen molar-refractivity contribution in [2.24, 2.45) is 0 Å². The van der Waals surface area contributed by atoms with Gasteiger partial charge >= 0.3 is 0 Å². The van der Waals surface area contributed by atoms with Crippen LogP contribution in [0.4, 0.5) is 0 Å². The van der Waals surface area contributed by atoms with Gasteiger partial charge in [-0.2, -0.15) is 0 Å². The van der Waals surface area contributed by atoms with E-state index >= 15 is 0 Å². The third kappa shape index (κ3) is 4.07. The van der Waals surface area contributed by atoms with E-state index in [1.165, 1.54) is 32.6 Å². The maximum absolute atomic E-state index is 3.35. The zero-order valence-electron chi connectivity index (χ0n) is 9.06. The summed E-state index contributed by atoms with van der Waals surface area (Å²) in [5.74, 6) is 0. The molecule has 0 saturated carbocycles. The Morgan fingerprint density at radius 3 is 2.17 bits per heavy atom. The minimum atomic E-state index is 0.780. The maximum atomic E-state index is 3.35. The van der Waals surface area contributed by atoms with Gasteiger partial charge in [0.2, 0.25) is 0 Å². The van der Waals surface area contributed by atoms with Gasteiger partial charge in [0.15, 0.2) is 0 Å². The summed E-state index contributed by atoms with van der Waals surface area (Å²) in [4.78, 5) is 2.55. The van der Waals surface area contributed by atoms with Gasteiger partial charge in [0.1, 0.15) is 0 Å². The lowest BCUT2D eigenvalue weighted by Crippen LogP contribution is -2.47. The maximum Gasteiger partial charge on any atom is 0.0110 e. The van der Waals surface area contributed by atoms with Crippen LogP contribution in [0, 0.1) is 0 Å². The molecule has 0 aromatic heterocycles. The predicted molar refractivity (Wildman–Crippen MR) is 55.5 cm³/mol. The fourth-order valence-electron chi connectivity index (χ4n) is 1.38. The van der Waals surface area contributed by atoms with Gasteiger partial charge in [-0.3, -0.25) is 4.90 Å². The fraction of sp³-hybridized carbons (Fsp3) is 1.00. The lowest BCUT2D eigenvalue weighted by Gasteiger charge is -2.32. The summed E-state index contributed by atoms with van der Waals surface area (Å²) in [7, 11) is 0. The van der Waals surface area contributed by atoms with E-state index in [0.717, 1.165) is 6.04 Å². The first kappa shape index (κ1) is 11.9. The van der Waals surface area contributed by atoms with Crippen LogP contribution in [0.15, 0.2) is 0 Å². The molecule has 1 atom stereocenters. The van der Waals surface area contributed by atoms with Gasteiger partial charge in [0.05, 0.1) is 0 Å². The normalized spacial score (nSPS) is 21.0. The number of nitrogens with zero attached hydrogens (tertiary/aromatic N) is 1. The average molecular weight is 172 g/mol. The second-order valence-electron chi connectivity index (χ2n) is 3.04. The largest absolute Gasteiger partial charge is 0.314 e. The molecule has 0 bridgehead atoms. The van der Waals surface area contributed by atoms with Gasteiger partial charge in [-0.1, -0.05) is 20.8 Å². The minimum Gasteiger partial charge on any atom is -0.314 e. The second-order valence-corrected chi connectivity index (χ2v) is 3.04. The number of hydrogen-bond acceptors (Lipinski definition) is 2. The van der Waals surface area contributed by atoms with Crippen molar-refractivity contribution < 1.29 is 0 Å². The Bertz CT molecular complexity index is 87.8. The van der Waals surface area contributed by atoms with Crippen molar-refractivity contribution in [3.8, 4) is 0 Å². The van der Waals surface area contributed by atoms with Crippen LogP contribution in [0.3, 0.4) is 0 Å². The summed E-state index contributed by atoms with van der Waals surface area (Å²) in [6.45, 7) is 13.4. The third-order valence-electron chi connectivity index (χ3n) is 2.37. The van der Waals surface area contributed by atoms with E-state index in [0.29, 0.717) is 0 Å². The Balaban J connectivity index is 0.000000561. The van der Waals surface area contributed by atoms with E-state index in [2.05, 4.69) is 24.1 Å². The molecule has 1 aliphatic heterocycles. The Labute approximate surface area is 77.3 Å². The molecule has 1 saturated heterocycles. The SMILES string of the molecule is CC.CCC(C)N1CCNCC1. The number of hydrogen-bond donors (Lipinski definition) is 1. The van der Waals surface area contributed by atoms with Crippen molar-refractivity contribution in [1.29, 1.82) is 0 Å². The average Bonchev–Trinajstić information content (AvgIpc) is 2.21. The lowest BCUT2D eigenvalue weighted by atomic mass is 10.2. The lowest BCUT2D eigenvalue weighted by molar-refractivity contribution is 0.180. The molecule has 2 nitrogen and oxygen atoms in total. The molecule has 1 unspecified atom stereocenters. The van der Waals surface area contributed by atoms with Crippen LogP contribution in [0.2, 0.25) is 0 Å². The molecular weight excluding hydrogens is 148 g/mol. The molecule has 0 radical (unpaired) electrons. The Morgan fingerprint density at radius 2 is 1.75 bits per heavy atom. The summed E-state index contributed by atoms with van der Waals surface area (Å²) >= 11 is 0. The Morgan fingerprint density at radius 1 is 1.25 bits per heavy atom. The zero-order valence-corrected chi connectivity index (χ0v) is 9.06. The van der Waals surface area contributed by atoms with E-state index in [1.54, 1.807) is 0 Å². The monoisotopic (exact) mass is 172 g/mol. The molecule has 1 rings (SSSR count). The van der Waals surface area contributed by atoms with E-state index in [-0.39, 0.29) is 0 Å². The number of piperazine rings is 1. The molecule has 2 heteroatoms. The van der Waals surface area contributed by atoms with Crippen LogP contribution in [-0.4, -0.2) is 37.1 Å². The number of rotatable bonds is 2. The topological polar surface area (TPSA) is 15.3 Å². The zero-order chi connectivity index (χ0) is 9.40. The minimum absolute atomic E-state index is 0.780. The Kier molecular flexibility index (Phi) is 7.51. The highest BCUT2D eigenvalue weighted by molar-refractivity contribution is 4.71. The van der Waals surface area contributed by atoms with Gasteiger partial charge < -0.3 is 5.32 Å². The standard InChI is InChI=1S/C8H18N2.C2H6/c1-3-8(2)10-6-4-9-5-7-10;1-2/h8-9H,3-7H2,1-2H3;1-2H3.